The molecule has 0 saturated heterocycles. The Bertz CT molecular complexity index is 358. The fourth-order valence-electron chi connectivity index (χ4n) is 2.22. The van der Waals surface area contributed by atoms with Crippen LogP contribution in [0.15, 0.2) is 18.3 Å². The van der Waals surface area contributed by atoms with Crippen molar-refractivity contribution < 1.29 is 0 Å². The number of nitrogens with one attached hydrogen (secondary N) is 1. The summed E-state index contributed by atoms with van der Waals surface area (Å²) in [5, 5.41) is 12.0. The summed E-state index contributed by atoms with van der Waals surface area (Å²) in [4.78, 5) is 4.04. The molecule has 1 aromatic heterocycles. The van der Waals surface area contributed by atoms with Gasteiger partial charge in [0.15, 0.2) is 0 Å². The van der Waals surface area contributed by atoms with E-state index in [1.165, 1.54) is 32.1 Å². The molecule has 3 heteroatoms. The average Bonchev–Trinajstić information content (AvgIpc) is 2.38. The summed E-state index contributed by atoms with van der Waals surface area (Å²) < 4.78 is 0. The molecule has 1 aromatic rings. The largest absolute Gasteiger partial charge is 0.384 e. The van der Waals surface area contributed by atoms with Gasteiger partial charge in [-0.15, -0.1) is 0 Å². The summed E-state index contributed by atoms with van der Waals surface area (Å²) in [6, 6.07) is 5.70. The van der Waals surface area contributed by atoms with E-state index in [9.17, 15) is 0 Å². The summed E-state index contributed by atoms with van der Waals surface area (Å²) in [6.07, 6.45) is 8.57. The third kappa shape index (κ3) is 2.96. The van der Waals surface area contributed by atoms with E-state index in [1.807, 2.05) is 12.1 Å². The number of aromatic nitrogens is 1. The van der Waals surface area contributed by atoms with E-state index in [0.29, 0.717) is 5.69 Å². The maximum absolute atomic E-state index is 8.63. The van der Waals surface area contributed by atoms with Gasteiger partial charge in [0.05, 0.1) is 11.9 Å². The third-order valence-electron chi connectivity index (χ3n) is 3.20. The van der Waals surface area contributed by atoms with E-state index in [4.69, 9.17) is 5.26 Å². The van der Waals surface area contributed by atoms with Crippen molar-refractivity contribution in [1.29, 1.82) is 5.26 Å². The van der Waals surface area contributed by atoms with Crippen LogP contribution in [0.2, 0.25) is 0 Å². The monoisotopic (exact) mass is 215 g/mol. The molecule has 1 aliphatic carbocycles. The van der Waals surface area contributed by atoms with Crippen LogP contribution in [0.25, 0.3) is 0 Å². The summed E-state index contributed by atoms with van der Waals surface area (Å²) >= 11 is 0. The van der Waals surface area contributed by atoms with Crippen molar-refractivity contribution in [3.8, 4) is 6.07 Å². The molecule has 3 nitrogen and oxygen atoms in total. The lowest BCUT2D eigenvalue weighted by Crippen LogP contribution is -2.17. The Labute approximate surface area is 96.5 Å². The van der Waals surface area contributed by atoms with Crippen molar-refractivity contribution in [1.82, 2.24) is 4.98 Å². The van der Waals surface area contributed by atoms with Crippen molar-refractivity contribution in [3.05, 3.63) is 24.0 Å². The van der Waals surface area contributed by atoms with Gasteiger partial charge < -0.3 is 5.32 Å². The highest BCUT2D eigenvalue weighted by Gasteiger charge is 2.12. The maximum atomic E-state index is 8.63. The molecule has 0 radical (unpaired) electrons. The molecule has 0 aliphatic heterocycles. The van der Waals surface area contributed by atoms with Crippen LogP contribution in [-0.2, 0) is 0 Å². The second-order valence-electron chi connectivity index (χ2n) is 4.43. The fraction of sp³-hybridized carbons (Fsp3) is 0.538. The summed E-state index contributed by atoms with van der Waals surface area (Å²) in [6.45, 7) is 1.04. The van der Waals surface area contributed by atoms with E-state index in [-0.39, 0.29) is 0 Å². The molecule has 0 spiro atoms. The molecule has 16 heavy (non-hydrogen) atoms. The first-order valence-electron chi connectivity index (χ1n) is 5.98. The molecular weight excluding hydrogens is 198 g/mol. The molecule has 0 aromatic carbocycles. The topological polar surface area (TPSA) is 48.7 Å². The number of nitriles is 1. The lowest BCUT2D eigenvalue weighted by molar-refractivity contribution is 0.373. The third-order valence-corrected chi connectivity index (χ3v) is 3.20. The first-order chi connectivity index (χ1) is 7.88. The van der Waals surface area contributed by atoms with Crippen molar-refractivity contribution in [2.24, 2.45) is 5.92 Å². The molecular formula is C13H17N3. The van der Waals surface area contributed by atoms with Crippen LogP contribution in [0.4, 0.5) is 5.69 Å². The van der Waals surface area contributed by atoms with Crippen LogP contribution in [0.3, 0.4) is 0 Å². The highest BCUT2D eigenvalue weighted by molar-refractivity contribution is 5.42. The number of rotatable bonds is 3. The summed E-state index contributed by atoms with van der Waals surface area (Å²) in [5.74, 6) is 0.810. The van der Waals surface area contributed by atoms with E-state index in [1.54, 1.807) is 12.3 Å². The molecule has 0 bridgehead atoms. The Morgan fingerprint density at radius 2 is 2.12 bits per heavy atom. The van der Waals surface area contributed by atoms with Crippen LogP contribution in [0, 0.1) is 17.2 Å². The van der Waals surface area contributed by atoms with Crippen molar-refractivity contribution in [2.75, 3.05) is 11.9 Å². The fourth-order valence-corrected chi connectivity index (χ4v) is 2.22. The van der Waals surface area contributed by atoms with Crippen LogP contribution in [0.1, 0.15) is 37.8 Å². The first-order valence-corrected chi connectivity index (χ1v) is 5.98. The van der Waals surface area contributed by atoms with Gasteiger partial charge in [0.1, 0.15) is 11.8 Å². The minimum absolute atomic E-state index is 0.475. The van der Waals surface area contributed by atoms with E-state index in [0.717, 1.165) is 18.2 Å². The van der Waals surface area contributed by atoms with E-state index < -0.39 is 0 Å². The Hall–Kier alpha value is -1.56. The number of pyridine rings is 1. The molecule has 0 amide bonds. The van der Waals surface area contributed by atoms with Gasteiger partial charge in [0.25, 0.3) is 0 Å². The van der Waals surface area contributed by atoms with Gasteiger partial charge in [-0.3, -0.25) is 0 Å². The predicted octanol–water partition coefficient (Wildman–Crippen LogP) is 2.95. The van der Waals surface area contributed by atoms with Crippen LogP contribution < -0.4 is 5.32 Å². The lowest BCUT2D eigenvalue weighted by atomic mass is 9.89. The predicted molar refractivity (Wildman–Crippen MR) is 64.0 cm³/mol. The van der Waals surface area contributed by atoms with Gasteiger partial charge in [-0.05, 0) is 30.9 Å². The van der Waals surface area contributed by atoms with Crippen LogP contribution in [0.5, 0.6) is 0 Å². The quantitative estimate of drug-likeness (QED) is 0.843. The summed E-state index contributed by atoms with van der Waals surface area (Å²) in [5.41, 5.74) is 1.49. The van der Waals surface area contributed by atoms with Crippen molar-refractivity contribution in [3.63, 3.8) is 0 Å². The molecule has 1 fully saturated rings. The van der Waals surface area contributed by atoms with Crippen molar-refractivity contribution >= 4 is 5.69 Å². The Balaban J connectivity index is 1.82. The second kappa shape index (κ2) is 5.50. The Morgan fingerprint density at radius 1 is 1.31 bits per heavy atom. The minimum atomic E-state index is 0.475. The van der Waals surface area contributed by atoms with Gasteiger partial charge >= 0.3 is 0 Å². The number of nitrogens with zero attached hydrogens (tertiary/aromatic N) is 2. The molecule has 1 N–H and O–H groups in total. The summed E-state index contributed by atoms with van der Waals surface area (Å²) in [7, 11) is 0. The zero-order valence-electron chi connectivity index (χ0n) is 9.45. The number of anilines is 1. The molecule has 0 unspecified atom stereocenters. The Kier molecular flexibility index (Phi) is 3.76. The first kappa shape index (κ1) is 10.9. The number of hydrogen-bond donors (Lipinski definition) is 1. The second-order valence-corrected chi connectivity index (χ2v) is 4.43. The number of hydrogen-bond acceptors (Lipinski definition) is 3. The molecule has 1 heterocycles. The highest BCUT2D eigenvalue weighted by Crippen LogP contribution is 2.23. The normalized spacial score (nSPS) is 16.7. The van der Waals surface area contributed by atoms with Gasteiger partial charge in [-0.1, -0.05) is 19.3 Å². The van der Waals surface area contributed by atoms with Gasteiger partial charge in [0.2, 0.25) is 0 Å². The lowest BCUT2D eigenvalue weighted by Gasteiger charge is -2.22. The maximum Gasteiger partial charge on any atom is 0.140 e. The highest BCUT2D eigenvalue weighted by atomic mass is 14.9. The van der Waals surface area contributed by atoms with Gasteiger partial charge in [0, 0.05) is 6.54 Å². The molecule has 2 rings (SSSR count). The van der Waals surface area contributed by atoms with E-state index >= 15 is 0 Å². The molecule has 1 saturated carbocycles. The standard InChI is InChI=1S/C13H17N3/c14-8-12-6-7-13(10-16-12)15-9-11-4-2-1-3-5-11/h6-7,10-11,15H,1-5,9H2. The van der Waals surface area contributed by atoms with E-state index in [2.05, 4.69) is 10.3 Å². The van der Waals surface area contributed by atoms with Crippen LogP contribution in [-0.4, -0.2) is 11.5 Å². The zero-order valence-corrected chi connectivity index (χ0v) is 9.45. The minimum Gasteiger partial charge on any atom is -0.384 e. The van der Waals surface area contributed by atoms with Crippen molar-refractivity contribution in [2.45, 2.75) is 32.1 Å². The molecule has 1 aliphatic rings. The van der Waals surface area contributed by atoms with Crippen LogP contribution >= 0.6 is 0 Å². The van der Waals surface area contributed by atoms with Gasteiger partial charge in [-0.25, -0.2) is 4.98 Å². The van der Waals surface area contributed by atoms with Gasteiger partial charge in [-0.2, -0.15) is 5.26 Å². The zero-order chi connectivity index (χ0) is 11.2. The SMILES string of the molecule is N#Cc1ccc(NCC2CCCCC2)cn1. The molecule has 0 atom stereocenters. The molecule has 84 valence electrons. The smallest absolute Gasteiger partial charge is 0.140 e. The Morgan fingerprint density at radius 3 is 2.75 bits per heavy atom. The average molecular weight is 215 g/mol.